The number of rotatable bonds is 5. The van der Waals surface area contributed by atoms with Crippen LogP contribution in [0.1, 0.15) is 36.6 Å². The molecule has 3 rings (SSSR count). The summed E-state index contributed by atoms with van der Waals surface area (Å²) >= 11 is 0. The highest BCUT2D eigenvalue weighted by Gasteiger charge is 2.38. The number of hydrogen-bond donors (Lipinski definition) is 1. The van der Waals surface area contributed by atoms with E-state index in [4.69, 9.17) is 4.74 Å². The fourth-order valence-corrected chi connectivity index (χ4v) is 3.22. The van der Waals surface area contributed by atoms with Crippen molar-refractivity contribution in [1.82, 2.24) is 5.32 Å². The second-order valence-corrected chi connectivity index (χ2v) is 6.15. The largest absolute Gasteiger partial charge is 0.494 e. The number of nitrogens with zero attached hydrogens (tertiary/aromatic N) is 1. The summed E-state index contributed by atoms with van der Waals surface area (Å²) in [6.45, 7) is 6.43. The topological polar surface area (TPSA) is 58.6 Å². The standard InChI is InChI=1S/C20H22N2O3/c1-4-25-16-10-8-15(9-11-16)12-22-19-13(2)6-5-7-17(19)18(20(22)24)21-14(3)23/h5-11,18H,4,12H2,1-3H3,(H,21,23)/t18-/m1/s1. The van der Waals surface area contributed by atoms with E-state index in [2.05, 4.69) is 5.32 Å². The van der Waals surface area contributed by atoms with E-state index in [9.17, 15) is 9.59 Å². The van der Waals surface area contributed by atoms with Crippen molar-refractivity contribution in [3.63, 3.8) is 0 Å². The lowest BCUT2D eigenvalue weighted by Gasteiger charge is -2.20. The number of hydrogen-bond acceptors (Lipinski definition) is 3. The SMILES string of the molecule is CCOc1ccc(CN2C(=O)[C@H](NC(C)=O)c3cccc(C)c32)cc1. The lowest BCUT2D eigenvalue weighted by atomic mass is 10.1. The zero-order valence-corrected chi connectivity index (χ0v) is 14.7. The van der Waals surface area contributed by atoms with Gasteiger partial charge in [-0.3, -0.25) is 9.59 Å². The highest BCUT2D eigenvalue weighted by molar-refractivity contribution is 6.06. The molecule has 1 atom stereocenters. The Kier molecular flexibility index (Phi) is 4.74. The summed E-state index contributed by atoms with van der Waals surface area (Å²) in [5, 5.41) is 2.77. The van der Waals surface area contributed by atoms with Crippen molar-refractivity contribution >= 4 is 17.5 Å². The second-order valence-electron chi connectivity index (χ2n) is 6.15. The number of carbonyl (C=O) groups excluding carboxylic acids is 2. The summed E-state index contributed by atoms with van der Waals surface area (Å²) < 4.78 is 5.46. The van der Waals surface area contributed by atoms with Gasteiger partial charge in [-0.2, -0.15) is 0 Å². The molecule has 130 valence electrons. The van der Waals surface area contributed by atoms with Crippen LogP contribution in [-0.4, -0.2) is 18.4 Å². The fraction of sp³-hybridized carbons (Fsp3) is 0.300. The molecule has 0 bridgehead atoms. The van der Waals surface area contributed by atoms with Crippen LogP contribution < -0.4 is 15.0 Å². The molecule has 1 aliphatic heterocycles. The summed E-state index contributed by atoms with van der Waals surface area (Å²) in [4.78, 5) is 26.2. The predicted octanol–water partition coefficient (Wildman–Crippen LogP) is 3.12. The van der Waals surface area contributed by atoms with Crippen LogP contribution in [-0.2, 0) is 16.1 Å². The van der Waals surface area contributed by atoms with Crippen molar-refractivity contribution < 1.29 is 14.3 Å². The Morgan fingerprint density at radius 3 is 2.56 bits per heavy atom. The third-order valence-corrected chi connectivity index (χ3v) is 4.29. The molecular weight excluding hydrogens is 316 g/mol. The Morgan fingerprint density at radius 2 is 1.92 bits per heavy atom. The molecule has 2 aromatic rings. The number of para-hydroxylation sites is 1. The van der Waals surface area contributed by atoms with Crippen molar-refractivity contribution in [2.45, 2.75) is 33.4 Å². The van der Waals surface area contributed by atoms with E-state index in [0.717, 1.165) is 28.1 Å². The first-order chi connectivity index (χ1) is 12.0. The van der Waals surface area contributed by atoms with E-state index in [1.165, 1.54) is 6.92 Å². The van der Waals surface area contributed by atoms with E-state index < -0.39 is 6.04 Å². The normalized spacial score (nSPS) is 15.9. The van der Waals surface area contributed by atoms with Crippen LogP contribution in [0.2, 0.25) is 0 Å². The third kappa shape index (κ3) is 3.36. The van der Waals surface area contributed by atoms with Crippen molar-refractivity contribution in [2.75, 3.05) is 11.5 Å². The van der Waals surface area contributed by atoms with Gasteiger partial charge >= 0.3 is 0 Å². The smallest absolute Gasteiger partial charge is 0.254 e. The molecule has 25 heavy (non-hydrogen) atoms. The van der Waals surface area contributed by atoms with Gasteiger partial charge in [0.1, 0.15) is 11.8 Å². The molecule has 0 radical (unpaired) electrons. The molecular formula is C20H22N2O3. The summed E-state index contributed by atoms with van der Waals surface area (Å²) in [7, 11) is 0. The first kappa shape index (κ1) is 17.0. The van der Waals surface area contributed by atoms with Crippen LogP contribution in [0.5, 0.6) is 5.75 Å². The second kappa shape index (κ2) is 6.97. The molecule has 0 spiro atoms. The highest BCUT2D eigenvalue weighted by atomic mass is 16.5. The van der Waals surface area contributed by atoms with Crippen LogP contribution in [0, 0.1) is 6.92 Å². The summed E-state index contributed by atoms with van der Waals surface area (Å²) in [5.74, 6) is 0.494. The van der Waals surface area contributed by atoms with Crippen molar-refractivity contribution in [3.05, 3.63) is 59.2 Å². The van der Waals surface area contributed by atoms with E-state index >= 15 is 0 Å². The summed E-state index contributed by atoms with van der Waals surface area (Å²) in [6, 6.07) is 12.9. The van der Waals surface area contributed by atoms with Gasteiger partial charge in [-0.1, -0.05) is 30.3 Å². The average Bonchev–Trinajstić information content (AvgIpc) is 2.83. The maximum Gasteiger partial charge on any atom is 0.254 e. The average molecular weight is 338 g/mol. The Balaban J connectivity index is 1.91. The third-order valence-electron chi connectivity index (χ3n) is 4.29. The Hall–Kier alpha value is -2.82. The van der Waals surface area contributed by atoms with Gasteiger partial charge in [-0.15, -0.1) is 0 Å². The van der Waals surface area contributed by atoms with Crippen LogP contribution in [0.4, 0.5) is 5.69 Å². The zero-order chi connectivity index (χ0) is 18.0. The van der Waals surface area contributed by atoms with Crippen molar-refractivity contribution in [3.8, 4) is 5.75 Å². The first-order valence-corrected chi connectivity index (χ1v) is 8.41. The van der Waals surface area contributed by atoms with Gasteiger partial charge in [0.05, 0.1) is 18.8 Å². The molecule has 1 heterocycles. The molecule has 0 fully saturated rings. The van der Waals surface area contributed by atoms with Gasteiger partial charge in [0.2, 0.25) is 5.91 Å². The number of ether oxygens (including phenoxy) is 1. The van der Waals surface area contributed by atoms with E-state index in [-0.39, 0.29) is 11.8 Å². The first-order valence-electron chi connectivity index (χ1n) is 8.41. The minimum atomic E-state index is -0.616. The molecule has 0 saturated heterocycles. The maximum absolute atomic E-state index is 12.9. The molecule has 0 aliphatic carbocycles. The van der Waals surface area contributed by atoms with E-state index in [1.807, 2.05) is 56.3 Å². The Morgan fingerprint density at radius 1 is 1.20 bits per heavy atom. The number of aryl methyl sites for hydroxylation is 1. The van der Waals surface area contributed by atoms with Crippen LogP contribution in [0.3, 0.4) is 0 Å². The number of amides is 2. The number of nitrogens with one attached hydrogen (secondary N) is 1. The molecule has 1 aliphatic rings. The minimum Gasteiger partial charge on any atom is -0.494 e. The van der Waals surface area contributed by atoms with Gasteiger partial charge in [-0.25, -0.2) is 0 Å². The molecule has 5 nitrogen and oxygen atoms in total. The van der Waals surface area contributed by atoms with E-state index in [0.29, 0.717) is 13.2 Å². The molecule has 0 unspecified atom stereocenters. The van der Waals surface area contributed by atoms with E-state index in [1.54, 1.807) is 4.90 Å². The number of carbonyl (C=O) groups is 2. The zero-order valence-electron chi connectivity index (χ0n) is 14.7. The fourth-order valence-electron chi connectivity index (χ4n) is 3.22. The minimum absolute atomic E-state index is 0.103. The predicted molar refractivity (Wildman–Crippen MR) is 96.5 cm³/mol. The van der Waals surface area contributed by atoms with Gasteiger partial charge in [-0.05, 0) is 37.1 Å². The summed E-state index contributed by atoms with van der Waals surface area (Å²) in [5.41, 5.74) is 3.77. The quantitative estimate of drug-likeness (QED) is 0.911. The van der Waals surface area contributed by atoms with Gasteiger partial charge < -0.3 is 15.0 Å². The molecule has 5 heteroatoms. The molecule has 2 amide bonds. The Labute approximate surface area is 147 Å². The molecule has 0 aromatic heterocycles. The summed E-state index contributed by atoms with van der Waals surface area (Å²) in [6.07, 6.45) is 0. The molecule has 0 saturated carbocycles. The van der Waals surface area contributed by atoms with Crippen LogP contribution >= 0.6 is 0 Å². The van der Waals surface area contributed by atoms with Crippen molar-refractivity contribution in [1.29, 1.82) is 0 Å². The van der Waals surface area contributed by atoms with Gasteiger partial charge in [0, 0.05) is 12.5 Å². The van der Waals surface area contributed by atoms with Crippen molar-refractivity contribution in [2.24, 2.45) is 0 Å². The maximum atomic E-state index is 12.9. The van der Waals surface area contributed by atoms with Crippen LogP contribution in [0.25, 0.3) is 0 Å². The molecule has 2 aromatic carbocycles. The van der Waals surface area contributed by atoms with Gasteiger partial charge in [0.15, 0.2) is 0 Å². The lowest BCUT2D eigenvalue weighted by Crippen LogP contribution is -2.36. The monoisotopic (exact) mass is 338 g/mol. The molecule has 1 N–H and O–H groups in total. The number of benzene rings is 2. The number of anilines is 1. The van der Waals surface area contributed by atoms with Crippen LogP contribution in [0.15, 0.2) is 42.5 Å². The number of fused-ring (bicyclic) bond motifs is 1. The van der Waals surface area contributed by atoms with Gasteiger partial charge in [0.25, 0.3) is 5.91 Å². The lowest BCUT2D eigenvalue weighted by molar-refractivity contribution is -0.126. The highest BCUT2D eigenvalue weighted by Crippen LogP contribution is 2.39. The Bertz CT molecular complexity index is 799.